The first-order valence-electron chi connectivity index (χ1n) is 12.2. The van der Waals surface area contributed by atoms with Crippen molar-refractivity contribution in [2.24, 2.45) is 0 Å². The molecule has 2 heterocycles. The number of thiophene rings is 1. The average Bonchev–Trinajstić information content (AvgIpc) is 3.28. The van der Waals surface area contributed by atoms with Crippen molar-refractivity contribution >= 4 is 33.4 Å². The van der Waals surface area contributed by atoms with Crippen molar-refractivity contribution in [3.8, 4) is 10.6 Å². The third-order valence-electron chi connectivity index (χ3n) is 6.42. The third kappa shape index (κ3) is 6.39. The van der Waals surface area contributed by atoms with Gasteiger partial charge in [-0.1, -0.05) is 35.5 Å². The first-order valence-corrected chi connectivity index (χ1v) is 14.5. The number of amides is 1. The number of aliphatic carboxylic acids is 1. The average molecular weight is 618 g/mol. The molecular formula is C25H26F3N3O8S2. The molecule has 41 heavy (non-hydrogen) atoms. The highest BCUT2D eigenvalue weighted by molar-refractivity contribution is 7.91. The van der Waals surface area contributed by atoms with Crippen molar-refractivity contribution < 1.29 is 50.3 Å². The van der Waals surface area contributed by atoms with Crippen molar-refractivity contribution in [2.75, 3.05) is 19.8 Å². The van der Waals surface area contributed by atoms with Gasteiger partial charge in [0.05, 0.1) is 23.0 Å². The maximum Gasteiger partial charge on any atom is 0.452 e. The number of benzene rings is 1. The Morgan fingerprint density at radius 2 is 1.90 bits per heavy atom. The zero-order chi connectivity index (χ0) is 30.1. The number of halogens is 3. The molecule has 3 aromatic rings. The fourth-order valence-corrected chi connectivity index (χ4v) is 7.01. The summed E-state index contributed by atoms with van der Waals surface area (Å²) < 4.78 is 82.2. The van der Waals surface area contributed by atoms with Gasteiger partial charge in [-0.05, 0) is 38.0 Å². The Labute approximate surface area is 236 Å². The largest absolute Gasteiger partial charge is 0.480 e. The lowest BCUT2D eigenvalue weighted by Crippen LogP contribution is -2.50. The summed E-state index contributed by atoms with van der Waals surface area (Å²) >= 11 is 0.584. The van der Waals surface area contributed by atoms with Crippen molar-refractivity contribution in [2.45, 2.75) is 47.7 Å². The second-order valence-electron chi connectivity index (χ2n) is 9.56. The Balaban J connectivity index is 1.56. The molecule has 11 nitrogen and oxygen atoms in total. The summed E-state index contributed by atoms with van der Waals surface area (Å²) in [4.78, 5) is 25.0. The number of nitrogens with zero attached hydrogens (tertiary/aromatic N) is 1. The molecule has 16 heteroatoms. The first-order chi connectivity index (χ1) is 19.2. The first kappa shape index (κ1) is 30.5. The quantitative estimate of drug-likeness (QED) is 0.256. The van der Waals surface area contributed by atoms with Crippen LogP contribution in [0.1, 0.15) is 31.6 Å². The summed E-state index contributed by atoms with van der Waals surface area (Å²) in [5.41, 5.74) is -3.35. The molecule has 1 saturated carbocycles. The summed E-state index contributed by atoms with van der Waals surface area (Å²) in [6.45, 7) is 3.57. The smallest absolute Gasteiger partial charge is 0.452 e. The number of hydrogen-bond donors (Lipinski definition) is 3. The molecule has 222 valence electrons. The van der Waals surface area contributed by atoms with Crippen LogP contribution in [0.5, 0.6) is 0 Å². The summed E-state index contributed by atoms with van der Waals surface area (Å²) in [6.07, 6.45) is -5.90. The molecular weight excluding hydrogens is 591 g/mol. The highest BCUT2D eigenvalue weighted by atomic mass is 32.2. The molecule has 0 saturated heterocycles. The predicted molar refractivity (Wildman–Crippen MR) is 139 cm³/mol. The summed E-state index contributed by atoms with van der Waals surface area (Å²) in [5.74, 6) is -2.85. The molecule has 0 unspecified atom stereocenters. The molecule has 0 radical (unpaired) electrons. The Hall–Kier alpha value is -3.47. The van der Waals surface area contributed by atoms with E-state index in [1.807, 2.05) is 13.8 Å². The van der Waals surface area contributed by atoms with Gasteiger partial charge in [0.1, 0.15) is 22.0 Å². The zero-order valence-corrected chi connectivity index (χ0v) is 23.4. The SMILES string of the molecule is CC(C)OCCNC(=O)OC[C@@]1(c2ccccc2)C[C@]1(NS(=O)(=O)c1ccc(-c2cc(C(F)(F)F)on2)s1)C(=O)O. The highest BCUT2D eigenvalue weighted by Crippen LogP contribution is 2.59. The minimum absolute atomic E-state index is 0.0439. The number of carboxylic acid groups (broad SMARTS) is 1. The number of ether oxygens (including phenoxy) is 2. The second kappa shape index (κ2) is 11.4. The van der Waals surface area contributed by atoms with Gasteiger partial charge in [0.2, 0.25) is 5.76 Å². The van der Waals surface area contributed by atoms with Crippen LogP contribution in [-0.4, -0.2) is 62.1 Å². The minimum Gasteiger partial charge on any atom is -0.480 e. The number of alkyl carbamates (subject to hydrolysis) is 1. The van der Waals surface area contributed by atoms with Crippen LogP contribution in [-0.2, 0) is 35.9 Å². The molecule has 1 aliphatic rings. The van der Waals surface area contributed by atoms with E-state index < -0.39 is 51.6 Å². The number of carboxylic acids is 1. The van der Waals surface area contributed by atoms with E-state index in [0.717, 1.165) is 6.07 Å². The van der Waals surface area contributed by atoms with Crippen LogP contribution in [0.4, 0.5) is 18.0 Å². The van der Waals surface area contributed by atoms with Gasteiger partial charge in [0.15, 0.2) is 0 Å². The molecule has 2 aromatic heterocycles. The van der Waals surface area contributed by atoms with Crippen LogP contribution in [0.25, 0.3) is 10.6 Å². The minimum atomic E-state index is -4.78. The number of alkyl halides is 3. The van der Waals surface area contributed by atoms with Crippen LogP contribution in [0.3, 0.4) is 0 Å². The highest BCUT2D eigenvalue weighted by Gasteiger charge is 2.75. The van der Waals surface area contributed by atoms with Gasteiger partial charge in [-0.2, -0.15) is 17.9 Å². The number of aromatic nitrogens is 1. The van der Waals surface area contributed by atoms with Crippen LogP contribution >= 0.6 is 11.3 Å². The summed E-state index contributed by atoms with van der Waals surface area (Å²) in [5, 5.41) is 16.1. The molecule has 1 fully saturated rings. The monoisotopic (exact) mass is 617 g/mol. The molecule has 1 amide bonds. The molecule has 0 aliphatic heterocycles. The van der Waals surface area contributed by atoms with Crippen molar-refractivity contribution in [1.29, 1.82) is 0 Å². The van der Waals surface area contributed by atoms with Crippen molar-refractivity contribution in [3.63, 3.8) is 0 Å². The fraction of sp³-hybridized carbons (Fsp3) is 0.400. The normalized spacial score (nSPS) is 20.6. The van der Waals surface area contributed by atoms with Gasteiger partial charge < -0.3 is 24.4 Å². The molecule has 1 aromatic carbocycles. The fourth-order valence-electron chi connectivity index (χ4n) is 4.32. The number of rotatable bonds is 12. The zero-order valence-electron chi connectivity index (χ0n) is 21.7. The molecule has 2 atom stereocenters. The Morgan fingerprint density at radius 1 is 1.20 bits per heavy atom. The van der Waals surface area contributed by atoms with Crippen LogP contribution in [0.15, 0.2) is 57.3 Å². The van der Waals surface area contributed by atoms with Crippen molar-refractivity contribution in [1.82, 2.24) is 15.2 Å². The van der Waals surface area contributed by atoms with Gasteiger partial charge in [-0.3, -0.25) is 4.79 Å². The van der Waals surface area contributed by atoms with E-state index in [1.54, 1.807) is 30.3 Å². The van der Waals surface area contributed by atoms with Crippen LogP contribution < -0.4 is 10.0 Å². The van der Waals surface area contributed by atoms with E-state index in [9.17, 15) is 36.3 Å². The number of carbonyl (C=O) groups excluding carboxylic acids is 1. The van der Waals surface area contributed by atoms with E-state index in [-0.39, 0.29) is 40.5 Å². The van der Waals surface area contributed by atoms with Crippen LogP contribution in [0.2, 0.25) is 0 Å². The van der Waals surface area contributed by atoms with Gasteiger partial charge in [-0.25, -0.2) is 13.2 Å². The Morgan fingerprint density at radius 3 is 2.51 bits per heavy atom. The van der Waals surface area contributed by atoms with E-state index in [2.05, 4.69) is 19.7 Å². The van der Waals surface area contributed by atoms with Crippen molar-refractivity contribution in [3.05, 3.63) is 59.9 Å². The van der Waals surface area contributed by atoms with Gasteiger partial charge in [0, 0.05) is 12.6 Å². The van der Waals surface area contributed by atoms with Gasteiger partial charge in [-0.15, -0.1) is 11.3 Å². The second-order valence-corrected chi connectivity index (χ2v) is 12.5. The van der Waals surface area contributed by atoms with Gasteiger partial charge >= 0.3 is 18.2 Å². The lowest BCUT2D eigenvalue weighted by atomic mass is 9.91. The van der Waals surface area contributed by atoms with E-state index in [4.69, 9.17) is 9.47 Å². The molecule has 4 rings (SSSR count). The Bertz CT molecular complexity index is 1510. The molecule has 1 aliphatic carbocycles. The maximum absolute atomic E-state index is 13.4. The molecule has 3 N–H and O–H groups in total. The number of sulfonamides is 1. The number of hydrogen-bond acceptors (Lipinski definition) is 9. The van der Waals surface area contributed by atoms with Gasteiger partial charge in [0.25, 0.3) is 10.0 Å². The third-order valence-corrected chi connectivity index (χ3v) is 9.51. The number of nitrogens with one attached hydrogen (secondary N) is 2. The lowest BCUT2D eigenvalue weighted by molar-refractivity contribution is -0.155. The summed E-state index contributed by atoms with van der Waals surface area (Å²) in [7, 11) is -4.52. The van der Waals surface area contributed by atoms with E-state index in [1.165, 1.54) is 6.07 Å². The van der Waals surface area contributed by atoms with E-state index >= 15 is 0 Å². The summed E-state index contributed by atoms with van der Waals surface area (Å²) in [6, 6.07) is 11.2. The number of carbonyl (C=O) groups is 2. The predicted octanol–water partition coefficient (Wildman–Crippen LogP) is 4.02. The molecule has 0 spiro atoms. The Kier molecular flexibility index (Phi) is 8.50. The standard InChI is InChI=1S/C25H26F3N3O8S2/c1-15(2)37-11-10-29-22(34)38-14-23(16-6-4-3-5-7-16)13-24(23,21(32)33)31-41(35,36)20-9-8-18(40-20)17-12-19(39-30-17)25(26,27)28/h3-9,12,15,31H,10-11,13-14H2,1-2H3,(H,29,34)(H,32,33)/t23-,24+/m1/s1. The topological polar surface area (TPSA) is 157 Å². The lowest BCUT2D eigenvalue weighted by Gasteiger charge is -2.24. The van der Waals surface area contributed by atoms with Crippen LogP contribution in [0, 0.1) is 0 Å². The van der Waals surface area contributed by atoms with E-state index in [0.29, 0.717) is 23.0 Å². The maximum atomic E-state index is 13.4. The molecule has 0 bridgehead atoms.